The Labute approximate surface area is 128 Å². The van der Waals surface area contributed by atoms with Crippen LogP contribution in [-0.2, 0) is 4.79 Å². The summed E-state index contributed by atoms with van der Waals surface area (Å²) in [5.41, 5.74) is 1.36. The third kappa shape index (κ3) is 3.44. The van der Waals surface area contributed by atoms with E-state index >= 15 is 0 Å². The predicted octanol–water partition coefficient (Wildman–Crippen LogP) is 2.79. The number of carbonyl (C=O) groups is 1. The normalized spacial score (nSPS) is 14.9. The van der Waals surface area contributed by atoms with Crippen LogP contribution in [0.2, 0.25) is 0 Å². The van der Waals surface area contributed by atoms with E-state index in [0.717, 1.165) is 31.6 Å². The maximum Gasteiger partial charge on any atom is 0.271 e. The van der Waals surface area contributed by atoms with Gasteiger partial charge < -0.3 is 9.80 Å². The number of alkyl halides is 1. The molecule has 0 N–H and O–H groups in total. The molecule has 0 aromatic heterocycles. The standard InChI is InChI=1S/C14H18ClN3O3/c1-16(14(19)10-15)13-9-11(18(20)21)5-6-12(13)17-7-3-2-4-8-17/h5-6,9H,2-4,7-8,10H2,1H3. The van der Waals surface area contributed by atoms with Crippen LogP contribution in [-0.4, -0.2) is 36.8 Å². The summed E-state index contributed by atoms with van der Waals surface area (Å²) in [6, 6.07) is 4.64. The van der Waals surface area contributed by atoms with Crippen molar-refractivity contribution in [3.05, 3.63) is 28.3 Å². The molecular weight excluding hydrogens is 294 g/mol. The molecular formula is C14H18ClN3O3. The predicted molar refractivity (Wildman–Crippen MR) is 83.3 cm³/mol. The van der Waals surface area contributed by atoms with Gasteiger partial charge in [-0.2, -0.15) is 0 Å². The summed E-state index contributed by atoms with van der Waals surface area (Å²) in [6.45, 7) is 1.79. The van der Waals surface area contributed by atoms with Gasteiger partial charge in [0.25, 0.3) is 5.69 Å². The number of hydrogen-bond donors (Lipinski definition) is 0. The monoisotopic (exact) mass is 311 g/mol. The summed E-state index contributed by atoms with van der Waals surface area (Å²) < 4.78 is 0. The third-order valence-corrected chi connectivity index (χ3v) is 3.94. The summed E-state index contributed by atoms with van der Waals surface area (Å²) in [5, 5.41) is 11.0. The first-order valence-corrected chi connectivity index (χ1v) is 7.44. The summed E-state index contributed by atoms with van der Waals surface area (Å²) in [6.07, 6.45) is 3.36. The molecule has 0 atom stereocenters. The van der Waals surface area contributed by atoms with Crippen LogP contribution in [0.4, 0.5) is 17.1 Å². The molecule has 1 fully saturated rings. The SMILES string of the molecule is CN(C(=O)CCl)c1cc([N+](=O)[O-])ccc1N1CCCCC1. The Balaban J connectivity index is 2.42. The van der Waals surface area contributed by atoms with Crippen molar-refractivity contribution in [3.8, 4) is 0 Å². The number of halogens is 1. The molecule has 21 heavy (non-hydrogen) atoms. The fraction of sp³-hybridized carbons (Fsp3) is 0.500. The number of anilines is 2. The Bertz CT molecular complexity index is 544. The van der Waals surface area contributed by atoms with Gasteiger partial charge in [-0.25, -0.2) is 0 Å². The topological polar surface area (TPSA) is 66.7 Å². The highest BCUT2D eigenvalue weighted by Gasteiger charge is 2.22. The lowest BCUT2D eigenvalue weighted by Crippen LogP contribution is -2.33. The first-order valence-electron chi connectivity index (χ1n) is 6.90. The van der Waals surface area contributed by atoms with Crippen LogP contribution in [0, 0.1) is 10.1 Å². The first-order chi connectivity index (χ1) is 10.0. The lowest BCUT2D eigenvalue weighted by atomic mass is 10.1. The molecule has 6 nitrogen and oxygen atoms in total. The number of rotatable bonds is 4. The fourth-order valence-electron chi connectivity index (χ4n) is 2.52. The van der Waals surface area contributed by atoms with Gasteiger partial charge in [0.15, 0.2) is 0 Å². The van der Waals surface area contributed by atoms with Gasteiger partial charge in [-0.1, -0.05) is 0 Å². The van der Waals surface area contributed by atoms with Crippen LogP contribution in [0.5, 0.6) is 0 Å². The maximum absolute atomic E-state index is 11.8. The van der Waals surface area contributed by atoms with Crippen molar-refractivity contribution in [1.29, 1.82) is 0 Å². The summed E-state index contributed by atoms with van der Waals surface area (Å²) >= 11 is 5.60. The number of non-ortho nitro benzene ring substituents is 1. The second-order valence-corrected chi connectivity index (χ2v) is 5.33. The quantitative estimate of drug-likeness (QED) is 0.487. The van der Waals surface area contributed by atoms with Gasteiger partial charge in [-0.15, -0.1) is 11.6 Å². The molecule has 1 aromatic carbocycles. The molecule has 2 rings (SSSR count). The van der Waals surface area contributed by atoms with E-state index in [4.69, 9.17) is 11.6 Å². The highest BCUT2D eigenvalue weighted by Crippen LogP contribution is 2.34. The third-order valence-electron chi connectivity index (χ3n) is 3.72. The van der Waals surface area contributed by atoms with Gasteiger partial charge in [0.05, 0.1) is 16.3 Å². The number of benzene rings is 1. The Morgan fingerprint density at radius 1 is 1.38 bits per heavy atom. The van der Waals surface area contributed by atoms with Crippen LogP contribution in [0.15, 0.2) is 18.2 Å². The molecule has 1 saturated heterocycles. The molecule has 0 spiro atoms. The Kier molecular flexibility index (Phi) is 5.01. The number of hydrogen-bond acceptors (Lipinski definition) is 4. The van der Waals surface area contributed by atoms with E-state index in [1.165, 1.54) is 23.5 Å². The molecule has 7 heteroatoms. The molecule has 0 aliphatic carbocycles. The number of carbonyl (C=O) groups excluding carboxylic acids is 1. The van der Waals surface area contributed by atoms with E-state index in [-0.39, 0.29) is 17.5 Å². The molecule has 0 unspecified atom stereocenters. The van der Waals surface area contributed by atoms with Gasteiger partial charge in [0.2, 0.25) is 5.91 Å². The zero-order valence-electron chi connectivity index (χ0n) is 11.9. The van der Waals surface area contributed by atoms with Gasteiger partial charge in [-0.05, 0) is 25.3 Å². The molecule has 1 aromatic rings. The van der Waals surface area contributed by atoms with Crippen LogP contribution in [0.25, 0.3) is 0 Å². The second kappa shape index (κ2) is 6.76. The first kappa shape index (κ1) is 15.6. The number of nitro benzene ring substituents is 1. The minimum absolute atomic E-state index is 0.0278. The van der Waals surface area contributed by atoms with Crippen molar-refractivity contribution >= 4 is 34.6 Å². The lowest BCUT2D eigenvalue weighted by molar-refractivity contribution is -0.384. The van der Waals surface area contributed by atoms with E-state index in [9.17, 15) is 14.9 Å². The molecule has 1 heterocycles. The molecule has 1 aliphatic rings. The van der Waals surface area contributed by atoms with Crippen LogP contribution >= 0.6 is 11.6 Å². The maximum atomic E-state index is 11.8. The molecule has 1 amide bonds. The van der Waals surface area contributed by atoms with E-state index in [0.29, 0.717) is 5.69 Å². The Morgan fingerprint density at radius 2 is 2.05 bits per heavy atom. The Morgan fingerprint density at radius 3 is 2.62 bits per heavy atom. The van der Waals surface area contributed by atoms with E-state index in [2.05, 4.69) is 4.90 Å². The van der Waals surface area contributed by atoms with Crippen molar-refractivity contribution in [3.63, 3.8) is 0 Å². The molecule has 0 saturated carbocycles. The van der Waals surface area contributed by atoms with Crippen molar-refractivity contribution in [1.82, 2.24) is 0 Å². The second-order valence-electron chi connectivity index (χ2n) is 5.06. The largest absolute Gasteiger partial charge is 0.370 e. The minimum Gasteiger partial charge on any atom is -0.370 e. The van der Waals surface area contributed by atoms with Crippen molar-refractivity contribution in [2.24, 2.45) is 0 Å². The van der Waals surface area contributed by atoms with Gasteiger partial charge in [0.1, 0.15) is 5.88 Å². The molecule has 114 valence electrons. The van der Waals surface area contributed by atoms with Crippen LogP contribution < -0.4 is 9.80 Å². The average molecular weight is 312 g/mol. The molecule has 1 aliphatic heterocycles. The van der Waals surface area contributed by atoms with Crippen LogP contribution in [0.3, 0.4) is 0 Å². The van der Waals surface area contributed by atoms with E-state index in [1.54, 1.807) is 13.1 Å². The lowest BCUT2D eigenvalue weighted by Gasteiger charge is -2.32. The van der Waals surface area contributed by atoms with Gasteiger partial charge >= 0.3 is 0 Å². The summed E-state index contributed by atoms with van der Waals surface area (Å²) in [5.74, 6) is -0.436. The van der Waals surface area contributed by atoms with Gasteiger partial charge in [-0.3, -0.25) is 14.9 Å². The molecule has 0 bridgehead atoms. The fourth-order valence-corrected chi connectivity index (χ4v) is 2.70. The zero-order valence-corrected chi connectivity index (χ0v) is 12.7. The highest BCUT2D eigenvalue weighted by atomic mass is 35.5. The van der Waals surface area contributed by atoms with Crippen LogP contribution in [0.1, 0.15) is 19.3 Å². The van der Waals surface area contributed by atoms with Gasteiger partial charge in [0, 0.05) is 32.3 Å². The van der Waals surface area contributed by atoms with Crippen molar-refractivity contribution < 1.29 is 9.72 Å². The number of nitrogens with zero attached hydrogens (tertiary/aromatic N) is 3. The number of nitro groups is 1. The molecule has 0 radical (unpaired) electrons. The van der Waals surface area contributed by atoms with E-state index < -0.39 is 4.92 Å². The van der Waals surface area contributed by atoms with Crippen molar-refractivity contribution in [2.45, 2.75) is 19.3 Å². The van der Waals surface area contributed by atoms with Crippen molar-refractivity contribution in [2.75, 3.05) is 35.8 Å². The zero-order chi connectivity index (χ0) is 15.4. The Hall–Kier alpha value is -1.82. The highest BCUT2D eigenvalue weighted by molar-refractivity contribution is 6.29. The minimum atomic E-state index is -0.456. The summed E-state index contributed by atoms with van der Waals surface area (Å²) in [7, 11) is 1.59. The summed E-state index contributed by atoms with van der Waals surface area (Å²) in [4.78, 5) is 25.9. The average Bonchev–Trinajstić information content (AvgIpc) is 2.53. The number of piperidine rings is 1. The number of amides is 1. The van der Waals surface area contributed by atoms with E-state index in [1.807, 2.05) is 0 Å². The smallest absolute Gasteiger partial charge is 0.271 e.